The molecule has 0 rings (SSSR count). The highest BCUT2D eigenvalue weighted by atomic mass is 14.9. The fourth-order valence-electron chi connectivity index (χ4n) is 1.22. The van der Waals surface area contributed by atoms with Gasteiger partial charge in [-0.15, -0.1) is 0 Å². The van der Waals surface area contributed by atoms with E-state index in [4.69, 9.17) is 5.26 Å². The molecule has 0 aliphatic rings. The number of rotatable bonds is 6. The smallest absolute Gasteiger partial charge is 0.0684 e. The molecule has 0 aromatic carbocycles. The quantitative estimate of drug-likeness (QED) is 0.685. The molecule has 0 saturated heterocycles. The molecule has 0 aliphatic heterocycles. The number of hydrogen-bond acceptors (Lipinski definition) is 2. The minimum absolute atomic E-state index is 0.182. The van der Waals surface area contributed by atoms with Crippen LogP contribution in [0.1, 0.15) is 47.0 Å². The number of hydrogen-bond donors (Lipinski definition) is 1. The van der Waals surface area contributed by atoms with E-state index in [2.05, 4.69) is 25.2 Å². The lowest BCUT2D eigenvalue weighted by Gasteiger charge is -2.19. The fourth-order valence-corrected chi connectivity index (χ4v) is 1.22. The van der Waals surface area contributed by atoms with Crippen molar-refractivity contribution in [2.45, 2.75) is 53.0 Å². The Morgan fingerprint density at radius 3 is 2.23 bits per heavy atom. The summed E-state index contributed by atoms with van der Waals surface area (Å²) in [4.78, 5) is 0. The van der Waals surface area contributed by atoms with Crippen LogP contribution in [0.25, 0.3) is 0 Å². The van der Waals surface area contributed by atoms with Gasteiger partial charge in [0.15, 0.2) is 0 Å². The molecule has 1 N–H and O–H groups in total. The summed E-state index contributed by atoms with van der Waals surface area (Å²) in [5, 5.41) is 12.3. The lowest BCUT2D eigenvalue weighted by molar-refractivity contribution is 0.397. The van der Waals surface area contributed by atoms with Crippen molar-refractivity contribution >= 4 is 0 Å². The van der Waals surface area contributed by atoms with E-state index in [9.17, 15) is 0 Å². The Morgan fingerprint density at radius 2 is 1.85 bits per heavy atom. The third-order valence-corrected chi connectivity index (χ3v) is 2.47. The first-order valence-electron chi connectivity index (χ1n) is 5.20. The lowest BCUT2D eigenvalue weighted by atomic mass is 9.91. The molecule has 13 heavy (non-hydrogen) atoms. The molecule has 2 heteroatoms. The topological polar surface area (TPSA) is 35.8 Å². The number of nitriles is 1. The highest BCUT2D eigenvalue weighted by Gasteiger charge is 2.16. The lowest BCUT2D eigenvalue weighted by Crippen LogP contribution is -2.30. The maximum Gasteiger partial charge on any atom is 0.0684 e. The van der Waals surface area contributed by atoms with Gasteiger partial charge in [-0.25, -0.2) is 0 Å². The third kappa shape index (κ3) is 5.65. The van der Waals surface area contributed by atoms with Gasteiger partial charge in [0.2, 0.25) is 0 Å². The van der Waals surface area contributed by atoms with Gasteiger partial charge in [-0.3, -0.25) is 0 Å². The molecule has 0 heterocycles. The SMILES string of the molecule is CCC(CC)NCCC(C)(C)C#N. The van der Waals surface area contributed by atoms with E-state index in [1.807, 2.05) is 13.8 Å². The second-order valence-corrected chi connectivity index (χ2v) is 4.21. The van der Waals surface area contributed by atoms with E-state index < -0.39 is 0 Å². The van der Waals surface area contributed by atoms with Gasteiger partial charge in [-0.05, 0) is 39.7 Å². The zero-order valence-corrected chi connectivity index (χ0v) is 9.35. The van der Waals surface area contributed by atoms with E-state index in [0.717, 1.165) is 13.0 Å². The Morgan fingerprint density at radius 1 is 1.31 bits per heavy atom. The monoisotopic (exact) mass is 182 g/mol. The Hall–Kier alpha value is -0.550. The Bertz CT molecular complexity index is 163. The van der Waals surface area contributed by atoms with Crippen LogP contribution >= 0.6 is 0 Å². The van der Waals surface area contributed by atoms with Crippen molar-refractivity contribution in [1.29, 1.82) is 5.26 Å². The van der Waals surface area contributed by atoms with Crippen LogP contribution in [0, 0.1) is 16.7 Å². The summed E-state index contributed by atoms with van der Waals surface area (Å²) in [7, 11) is 0. The zero-order chi connectivity index (χ0) is 10.3. The van der Waals surface area contributed by atoms with Crippen LogP contribution < -0.4 is 5.32 Å². The molecule has 0 aromatic rings. The molecule has 0 aliphatic carbocycles. The summed E-state index contributed by atoms with van der Waals surface area (Å²) in [5.41, 5.74) is -0.182. The number of nitrogens with one attached hydrogen (secondary N) is 1. The fraction of sp³-hybridized carbons (Fsp3) is 0.909. The maximum absolute atomic E-state index is 8.80. The van der Waals surface area contributed by atoms with Crippen molar-refractivity contribution in [2.24, 2.45) is 5.41 Å². The molecule has 0 fully saturated rings. The normalized spacial score (nSPS) is 11.7. The van der Waals surface area contributed by atoms with Gasteiger partial charge in [-0.2, -0.15) is 5.26 Å². The largest absolute Gasteiger partial charge is 0.314 e. The van der Waals surface area contributed by atoms with Crippen molar-refractivity contribution in [2.75, 3.05) is 6.54 Å². The first-order chi connectivity index (χ1) is 6.05. The van der Waals surface area contributed by atoms with Crippen LogP contribution in [0.4, 0.5) is 0 Å². The first-order valence-corrected chi connectivity index (χ1v) is 5.20. The summed E-state index contributed by atoms with van der Waals surface area (Å²) in [5.74, 6) is 0. The molecule has 0 bridgehead atoms. The van der Waals surface area contributed by atoms with Gasteiger partial charge in [0.1, 0.15) is 0 Å². The standard InChI is InChI=1S/C11H22N2/c1-5-10(6-2)13-8-7-11(3,4)9-12/h10,13H,5-8H2,1-4H3. The Balaban J connectivity index is 3.62. The molecule has 0 radical (unpaired) electrons. The van der Waals surface area contributed by atoms with E-state index in [1.165, 1.54) is 12.8 Å². The second-order valence-electron chi connectivity index (χ2n) is 4.21. The molecule has 0 atom stereocenters. The number of nitrogens with zero attached hydrogens (tertiary/aromatic N) is 1. The van der Waals surface area contributed by atoms with Crippen molar-refractivity contribution in [3.63, 3.8) is 0 Å². The first kappa shape index (κ1) is 12.4. The minimum atomic E-state index is -0.182. The van der Waals surface area contributed by atoms with Crippen LogP contribution in [0.5, 0.6) is 0 Å². The molecule has 2 nitrogen and oxygen atoms in total. The van der Waals surface area contributed by atoms with Crippen LogP contribution in [0.2, 0.25) is 0 Å². The van der Waals surface area contributed by atoms with Gasteiger partial charge in [0.05, 0.1) is 11.5 Å². The van der Waals surface area contributed by atoms with Gasteiger partial charge in [0.25, 0.3) is 0 Å². The predicted molar refractivity (Wildman–Crippen MR) is 56.4 cm³/mol. The summed E-state index contributed by atoms with van der Waals surface area (Å²) in [6.07, 6.45) is 3.27. The van der Waals surface area contributed by atoms with Gasteiger partial charge >= 0.3 is 0 Å². The van der Waals surface area contributed by atoms with Crippen molar-refractivity contribution in [3.8, 4) is 6.07 Å². The van der Waals surface area contributed by atoms with E-state index >= 15 is 0 Å². The molecular formula is C11H22N2. The molecule has 0 aromatic heterocycles. The van der Waals surface area contributed by atoms with Gasteiger partial charge in [-0.1, -0.05) is 13.8 Å². The van der Waals surface area contributed by atoms with Crippen molar-refractivity contribution in [1.82, 2.24) is 5.32 Å². The molecule has 0 spiro atoms. The van der Waals surface area contributed by atoms with Crippen LogP contribution in [-0.2, 0) is 0 Å². The third-order valence-electron chi connectivity index (χ3n) is 2.47. The highest BCUT2D eigenvalue weighted by molar-refractivity contribution is 4.91. The molecule has 0 saturated carbocycles. The summed E-state index contributed by atoms with van der Waals surface area (Å²) in [6.45, 7) is 9.31. The zero-order valence-electron chi connectivity index (χ0n) is 9.35. The average Bonchev–Trinajstić information content (AvgIpc) is 2.12. The molecule has 0 unspecified atom stereocenters. The Labute approximate surface area is 82.3 Å². The molecule has 76 valence electrons. The van der Waals surface area contributed by atoms with Gasteiger partial charge < -0.3 is 5.32 Å². The highest BCUT2D eigenvalue weighted by Crippen LogP contribution is 2.17. The van der Waals surface area contributed by atoms with E-state index in [1.54, 1.807) is 0 Å². The summed E-state index contributed by atoms with van der Waals surface area (Å²) in [6, 6.07) is 2.93. The Kier molecular flexibility index (Phi) is 5.73. The predicted octanol–water partition coefficient (Wildman–Crippen LogP) is 2.70. The van der Waals surface area contributed by atoms with E-state index in [0.29, 0.717) is 6.04 Å². The van der Waals surface area contributed by atoms with Crippen molar-refractivity contribution in [3.05, 3.63) is 0 Å². The van der Waals surface area contributed by atoms with Crippen LogP contribution in [0.15, 0.2) is 0 Å². The van der Waals surface area contributed by atoms with Crippen LogP contribution in [0.3, 0.4) is 0 Å². The minimum Gasteiger partial charge on any atom is -0.314 e. The second kappa shape index (κ2) is 5.99. The maximum atomic E-state index is 8.80. The van der Waals surface area contributed by atoms with E-state index in [-0.39, 0.29) is 5.41 Å². The van der Waals surface area contributed by atoms with Gasteiger partial charge in [0, 0.05) is 6.04 Å². The summed E-state index contributed by atoms with van der Waals surface area (Å²) < 4.78 is 0. The molecular weight excluding hydrogens is 160 g/mol. The van der Waals surface area contributed by atoms with Crippen molar-refractivity contribution < 1.29 is 0 Å². The molecule has 0 amide bonds. The average molecular weight is 182 g/mol. The summed E-state index contributed by atoms with van der Waals surface area (Å²) >= 11 is 0. The van der Waals surface area contributed by atoms with Crippen LogP contribution in [-0.4, -0.2) is 12.6 Å².